The van der Waals surface area contributed by atoms with Crippen LogP contribution in [-0.4, -0.2) is 20.6 Å². The van der Waals surface area contributed by atoms with Crippen molar-refractivity contribution in [3.05, 3.63) is 83.9 Å². The first kappa shape index (κ1) is 13.1. The second-order valence-electron chi connectivity index (χ2n) is 4.28. The van der Waals surface area contributed by atoms with Crippen LogP contribution in [0.25, 0.3) is 0 Å². The summed E-state index contributed by atoms with van der Waals surface area (Å²) in [6, 6.07) is 11.8. The Bertz CT molecular complexity index is 700. The number of benzene rings is 2. The summed E-state index contributed by atoms with van der Waals surface area (Å²) in [5.41, 5.74) is 1.93. The van der Waals surface area contributed by atoms with Gasteiger partial charge >= 0.3 is 0 Å². The predicted molar refractivity (Wildman–Crippen MR) is 73.9 cm³/mol. The summed E-state index contributed by atoms with van der Waals surface area (Å²) < 4.78 is 26.1. The van der Waals surface area contributed by atoms with Crippen LogP contribution in [0.1, 0.15) is 11.1 Å². The van der Waals surface area contributed by atoms with Crippen LogP contribution in [0.15, 0.2) is 66.3 Å². The van der Waals surface area contributed by atoms with Gasteiger partial charge in [0, 0.05) is 11.1 Å². The van der Waals surface area contributed by atoms with Crippen molar-refractivity contribution < 1.29 is 8.78 Å². The van der Waals surface area contributed by atoms with Gasteiger partial charge in [-0.3, -0.25) is 0 Å². The zero-order chi connectivity index (χ0) is 14.7. The molecule has 1 aromatic heterocycles. The molecule has 3 aromatic rings. The van der Waals surface area contributed by atoms with E-state index >= 15 is 0 Å². The van der Waals surface area contributed by atoms with Gasteiger partial charge in [-0.05, 0) is 48.5 Å². The van der Waals surface area contributed by atoms with Crippen molar-refractivity contribution in [3.8, 4) is 0 Å². The first-order chi connectivity index (χ1) is 10.2. The molecule has 0 atom stereocenters. The maximum Gasteiger partial charge on any atom is 0.139 e. The molecule has 0 N–H and O–H groups in total. The molecule has 0 spiro atoms. The molecule has 0 amide bonds. The van der Waals surface area contributed by atoms with Gasteiger partial charge in [-0.1, -0.05) is 0 Å². The van der Waals surface area contributed by atoms with Gasteiger partial charge in [-0.15, -0.1) is 15.0 Å². The van der Waals surface area contributed by atoms with Gasteiger partial charge in [0.25, 0.3) is 0 Å². The van der Waals surface area contributed by atoms with Crippen molar-refractivity contribution in [1.82, 2.24) is 14.9 Å². The average molecular weight is 284 g/mol. The summed E-state index contributed by atoms with van der Waals surface area (Å²) in [7, 11) is 0. The molecule has 2 aromatic carbocycles. The Balaban J connectivity index is 2.10. The molecular weight excluding hydrogens is 274 g/mol. The minimum Gasteiger partial charge on any atom is -0.221 e. The molecule has 0 aliphatic carbocycles. The summed E-state index contributed by atoms with van der Waals surface area (Å²) in [5.74, 6) is -0.670. The van der Waals surface area contributed by atoms with E-state index in [9.17, 15) is 8.78 Å². The fourth-order valence-electron chi connectivity index (χ4n) is 1.85. The van der Waals surface area contributed by atoms with E-state index in [1.54, 1.807) is 24.3 Å². The summed E-state index contributed by atoms with van der Waals surface area (Å²) >= 11 is 0. The van der Waals surface area contributed by atoms with Crippen molar-refractivity contribution in [2.45, 2.75) is 0 Å². The van der Waals surface area contributed by atoms with Gasteiger partial charge in [-0.25, -0.2) is 13.8 Å². The number of hydrogen-bond acceptors (Lipinski definition) is 3. The molecule has 0 unspecified atom stereocenters. The lowest BCUT2D eigenvalue weighted by Crippen LogP contribution is -2.07. The van der Waals surface area contributed by atoms with Crippen molar-refractivity contribution in [2.24, 2.45) is 5.10 Å². The molecule has 0 bridgehead atoms. The van der Waals surface area contributed by atoms with Crippen molar-refractivity contribution >= 4 is 5.71 Å². The van der Waals surface area contributed by atoms with Gasteiger partial charge in [0.05, 0.1) is 0 Å². The van der Waals surface area contributed by atoms with E-state index in [0.717, 1.165) is 0 Å². The standard InChI is InChI=1S/C15H10F2N4/c16-13-5-1-11(2-6-13)15(20-21-10-18-9-19-21)12-3-7-14(17)8-4-12/h1-10H. The number of aromatic nitrogens is 3. The lowest BCUT2D eigenvalue weighted by Gasteiger charge is -2.07. The monoisotopic (exact) mass is 284 g/mol. The van der Waals surface area contributed by atoms with E-state index in [-0.39, 0.29) is 11.6 Å². The third-order valence-corrected chi connectivity index (χ3v) is 2.84. The molecule has 0 aliphatic rings. The van der Waals surface area contributed by atoms with Crippen LogP contribution < -0.4 is 0 Å². The van der Waals surface area contributed by atoms with Crippen LogP contribution in [0.3, 0.4) is 0 Å². The number of nitrogens with zero attached hydrogens (tertiary/aromatic N) is 4. The maximum atomic E-state index is 13.1. The molecule has 0 saturated heterocycles. The zero-order valence-corrected chi connectivity index (χ0v) is 10.8. The highest BCUT2D eigenvalue weighted by Gasteiger charge is 2.08. The van der Waals surface area contributed by atoms with Crippen LogP contribution in [-0.2, 0) is 0 Å². The Morgan fingerprint density at radius 3 is 1.81 bits per heavy atom. The predicted octanol–water partition coefficient (Wildman–Crippen LogP) is 2.86. The topological polar surface area (TPSA) is 43.1 Å². The Hall–Kier alpha value is -2.89. The van der Waals surface area contributed by atoms with Gasteiger partial charge in [-0.2, -0.15) is 0 Å². The van der Waals surface area contributed by atoms with Crippen molar-refractivity contribution in [3.63, 3.8) is 0 Å². The summed E-state index contributed by atoms with van der Waals surface area (Å²) in [5, 5.41) is 8.25. The minimum absolute atomic E-state index is 0.335. The van der Waals surface area contributed by atoms with Crippen LogP contribution in [0.2, 0.25) is 0 Å². The van der Waals surface area contributed by atoms with E-state index in [1.165, 1.54) is 41.7 Å². The van der Waals surface area contributed by atoms with E-state index in [2.05, 4.69) is 15.2 Å². The summed E-state index contributed by atoms with van der Waals surface area (Å²) in [6.07, 6.45) is 2.80. The zero-order valence-electron chi connectivity index (χ0n) is 10.8. The normalized spacial score (nSPS) is 10.4. The Kier molecular flexibility index (Phi) is 3.51. The molecule has 1 heterocycles. The lowest BCUT2D eigenvalue weighted by molar-refractivity contribution is 0.627. The second-order valence-corrected chi connectivity index (χ2v) is 4.28. The fraction of sp³-hybridized carbons (Fsp3) is 0. The van der Waals surface area contributed by atoms with E-state index in [4.69, 9.17) is 0 Å². The molecule has 0 aliphatic heterocycles. The number of halogens is 2. The Morgan fingerprint density at radius 1 is 0.857 bits per heavy atom. The summed E-state index contributed by atoms with van der Waals surface area (Å²) in [6.45, 7) is 0. The van der Waals surface area contributed by atoms with Gasteiger partial charge in [0.2, 0.25) is 0 Å². The number of rotatable bonds is 3. The van der Waals surface area contributed by atoms with Crippen molar-refractivity contribution in [2.75, 3.05) is 0 Å². The van der Waals surface area contributed by atoms with Crippen LogP contribution >= 0.6 is 0 Å². The lowest BCUT2D eigenvalue weighted by atomic mass is 10.0. The van der Waals surface area contributed by atoms with Crippen LogP contribution in [0, 0.1) is 11.6 Å². The first-order valence-electron chi connectivity index (χ1n) is 6.18. The average Bonchev–Trinajstić information content (AvgIpc) is 3.00. The fourth-order valence-corrected chi connectivity index (χ4v) is 1.85. The van der Waals surface area contributed by atoms with Gasteiger partial charge < -0.3 is 0 Å². The molecule has 21 heavy (non-hydrogen) atoms. The summed E-state index contributed by atoms with van der Waals surface area (Å²) in [4.78, 5) is 5.11. The molecule has 0 radical (unpaired) electrons. The third kappa shape index (κ3) is 3.00. The van der Waals surface area contributed by atoms with Crippen LogP contribution in [0.4, 0.5) is 8.78 Å². The molecule has 0 saturated carbocycles. The van der Waals surface area contributed by atoms with E-state index in [0.29, 0.717) is 16.8 Å². The van der Waals surface area contributed by atoms with E-state index < -0.39 is 0 Å². The van der Waals surface area contributed by atoms with Crippen molar-refractivity contribution in [1.29, 1.82) is 0 Å². The Morgan fingerprint density at radius 2 is 1.38 bits per heavy atom. The SMILES string of the molecule is Fc1ccc(C(=Nn2cncn2)c2ccc(F)cc2)cc1. The van der Waals surface area contributed by atoms with Crippen LogP contribution in [0.5, 0.6) is 0 Å². The minimum atomic E-state index is -0.335. The highest BCUT2D eigenvalue weighted by Crippen LogP contribution is 2.13. The number of hydrogen-bond donors (Lipinski definition) is 0. The molecule has 104 valence electrons. The van der Waals surface area contributed by atoms with E-state index in [1.807, 2.05) is 0 Å². The highest BCUT2D eigenvalue weighted by molar-refractivity contribution is 6.12. The second kappa shape index (κ2) is 5.62. The molecule has 0 fully saturated rings. The third-order valence-electron chi connectivity index (χ3n) is 2.84. The molecule has 4 nitrogen and oxygen atoms in total. The molecule has 6 heteroatoms. The Labute approximate surface area is 119 Å². The van der Waals surface area contributed by atoms with Gasteiger partial charge in [0.1, 0.15) is 30.0 Å². The van der Waals surface area contributed by atoms with Gasteiger partial charge in [0.15, 0.2) is 0 Å². The molecular formula is C15H10F2N4. The molecule has 3 rings (SSSR count). The highest BCUT2D eigenvalue weighted by atomic mass is 19.1. The quantitative estimate of drug-likeness (QED) is 0.694. The first-order valence-corrected chi connectivity index (χ1v) is 6.18. The smallest absolute Gasteiger partial charge is 0.139 e. The largest absolute Gasteiger partial charge is 0.221 e. The maximum absolute atomic E-state index is 13.1.